The Bertz CT molecular complexity index is 479. The maximum absolute atomic E-state index is 12.4. The van der Waals surface area contributed by atoms with Crippen molar-refractivity contribution in [1.82, 2.24) is 10.2 Å². The number of carbonyl (C=O) groups is 1. The SMILES string of the molecule is CC(C(C)S(C)(=O)=O)N(C)C(=O)CC1CC2CCC(C1)N2. The van der Waals surface area contributed by atoms with E-state index in [4.69, 9.17) is 0 Å². The molecule has 1 N–H and O–H groups in total. The van der Waals surface area contributed by atoms with E-state index in [-0.39, 0.29) is 11.9 Å². The van der Waals surface area contributed by atoms with Crippen LogP contribution in [-0.4, -0.2) is 55.9 Å². The molecule has 5 nitrogen and oxygen atoms in total. The van der Waals surface area contributed by atoms with E-state index >= 15 is 0 Å². The van der Waals surface area contributed by atoms with Gasteiger partial charge in [-0.1, -0.05) is 0 Å². The second-order valence-corrected chi connectivity index (χ2v) is 9.36. The predicted molar refractivity (Wildman–Crippen MR) is 83.8 cm³/mol. The fraction of sp³-hybridized carbons (Fsp3) is 0.933. The summed E-state index contributed by atoms with van der Waals surface area (Å²) in [6.07, 6.45) is 6.39. The minimum absolute atomic E-state index is 0.0734. The number of carbonyl (C=O) groups excluding carboxylic acids is 1. The summed E-state index contributed by atoms with van der Waals surface area (Å²) in [6, 6.07) is 0.879. The molecule has 2 heterocycles. The van der Waals surface area contributed by atoms with Crippen LogP contribution < -0.4 is 5.32 Å². The van der Waals surface area contributed by atoms with Crippen LogP contribution >= 0.6 is 0 Å². The second-order valence-electron chi connectivity index (χ2n) is 6.96. The number of nitrogens with zero attached hydrogens (tertiary/aromatic N) is 1. The smallest absolute Gasteiger partial charge is 0.222 e. The monoisotopic (exact) mass is 316 g/mol. The van der Waals surface area contributed by atoms with Crippen LogP contribution in [-0.2, 0) is 14.6 Å². The summed E-state index contributed by atoms with van der Waals surface area (Å²) in [5.41, 5.74) is 0. The highest BCUT2D eigenvalue weighted by Crippen LogP contribution is 2.33. The van der Waals surface area contributed by atoms with Crippen LogP contribution in [0.2, 0.25) is 0 Å². The Labute approximate surface area is 128 Å². The maximum Gasteiger partial charge on any atom is 0.222 e. The standard InChI is InChI=1S/C15H28N2O3S/c1-10(11(2)21(4,19)20)17(3)15(18)9-12-7-13-5-6-14(8-12)16-13/h10-14,16H,5-9H2,1-4H3. The van der Waals surface area contributed by atoms with Crippen molar-refractivity contribution >= 4 is 15.7 Å². The lowest BCUT2D eigenvalue weighted by Crippen LogP contribution is -2.46. The van der Waals surface area contributed by atoms with E-state index in [1.165, 1.54) is 19.1 Å². The minimum atomic E-state index is -3.13. The average molecular weight is 316 g/mol. The van der Waals surface area contributed by atoms with Crippen molar-refractivity contribution in [2.24, 2.45) is 5.92 Å². The molecule has 0 radical (unpaired) electrons. The first-order valence-corrected chi connectivity index (χ1v) is 9.84. The first kappa shape index (κ1) is 16.7. The number of hydrogen-bond acceptors (Lipinski definition) is 4. The molecule has 2 aliphatic rings. The average Bonchev–Trinajstić information content (AvgIpc) is 2.74. The molecule has 2 aliphatic heterocycles. The molecule has 0 aromatic rings. The number of amides is 1. The Kier molecular flexibility index (Phi) is 4.98. The molecule has 2 bridgehead atoms. The van der Waals surface area contributed by atoms with Crippen LogP contribution in [0, 0.1) is 5.92 Å². The van der Waals surface area contributed by atoms with E-state index in [0.717, 1.165) is 12.8 Å². The van der Waals surface area contributed by atoms with Gasteiger partial charge in [-0.05, 0) is 45.4 Å². The quantitative estimate of drug-likeness (QED) is 0.827. The van der Waals surface area contributed by atoms with Crippen molar-refractivity contribution in [3.8, 4) is 0 Å². The van der Waals surface area contributed by atoms with Crippen molar-refractivity contribution in [3.05, 3.63) is 0 Å². The Morgan fingerprint density at radius 2 is 1.76 bits per heavy atom. The van der Waals surface area contributed by atoms with Gasteiger partial charge in [-0.2, -0.15) is 0 Å². The van der Waals surface area contributed by atoms with Crippen LogP contribution in [0.25, 0.3) is 0 Å². The van der Waals surface area contributed by atoms with E-state index < -0.39 is 15.1 Å². The van der Waals surface area contributed by atoms with Gasteiger partial charge in [0.1, 0.15) is 0 Å². The molecule has 6 heteroatoms. The lowest BCUT2D eigenvalue weighted by molar-refractivity contribution is -0.132. The topological polar surface area (TPSA) is 66.5 Å². The zero-order valence-corrected chi connectivity index (χ0v) is 14.3. The highest BCUT2D eigenvalue weighted by atomic mass is 32.2. The molecule has 122 valence electrons. The Morgan fingerprint density at radius 3 is 2.24 bits per heavy atom. The first-order valence-electron chi connectivity index (χ1n) is 7.89. The normalized spacial score (nSPS) is 31.7. The van der Waals surface area contributed by atoms with Gasteiger partial charge in [0.05, 0.1) is 5.25 Å². The molecule has 0 saturated carbocycles. The molecular formula is C15H28N2O3S. The highest BCUT2D eigenvalue weighted by molar-refractivity contribution is 7.91. The number of rotatable bonds is 5. The number of fused-ring (bicyclic) bond motifs is 2. The molecule has 0 aliphatic carbocycles. The highest BCUT2D eigenvalue weighted by Gasteiger charge is 2.35. The molecule has 0 aromatic carbocycles. The molecule has 2 saturated heterocycles. The van der Waals surface area contributed by atoms with Gasteiger partial charge >= 0.3 is 0 Å². The van der Waals surface area contributed by atoms with Crippen molar-refractivity contribution in [2.45, 2.75) is 69.3 Å². The summed E-state index contributed by atoms with van der Waals surface area (Å²) in [5, 5.41) is 3.05. The van der Waals surface area contributed by atoms with Gasteiger partial charge in [0.15, 0.2) is 9.84 Å². The van der Waals surface area contributed by atoms with Crippen LogP contribution in [0.15, 0.2) is 0 Å². The van der Waals surface area contributed by atoms with Crippen molar-refractivity contribution in [3.63, 3.8) is 0 Å². The van der Waals surface area contributed by atoms with Gasteiger partial charge < -0.3 is 10.2 Å². The van der Waals surface area contributed by atoms with Crippen LogP contribution in [0.3, 0.4) is 0 Å². The molecule has 0 spiro atoms. The van der Waals surface area contributed by atoms with Crippen LogP contribution in [0.5, 0.6) is 0 Å². The molecule has 2 fully saturated rings. The van der Waals surface area contributed by atoms with E-state index in [9.17, 15) is 13.2 Å². The van der Waals surface area contributed by atoms with Crippen LogP contribution in [0.4, 0.5) is 0 Å². The van der Waals surface area contributed by atoms with E-state index in [0.29, 0.717) is 24.4 Å². The Balaban J connectivity index is 1.90. The second kappa shape index (κ2) is 6.24. The largest absolute Gasteiger partial charge is 0.342 e. The van der Waals surface area contributed by atoms with Gasteiger partial charge in [-0.25, -0.2) is 8.42 Å². The third kappa shape index (κ3) is 3.97. The van der Waals surface area contributed by atoms with Gasteiger partial charge in [0.2, 0.25) is 5.91 Å². The Hall–Kier alpha value is -0.620. The van der Waals surface area contributed by atoms with Gasteiger partial charge in [0, 0.05) is 37.8 Å². The third-order valence-electron chi connectivity index (χ3n) is 5.39. The zero-order valence-electron chi connectivity index (χ0n) is 13.5. The van der Waals surface area contributed by atoms with Gasteiger partial charge in [-0.15, -0.1) is 0 Å². The predicted octanol–water partition coefficient (Wildman–Crippen LogP) is 1.19. The fourth-order valence-electron chi connectivity index (χ4n) is 3.63. The van der Waals surface area contributed by atoms with E-state index in [2.05, 4.69) is 5.32 Å². The third-order valence-corrected chi connectivity index (χ3v) is 7.14. The molecular weight excluding hydrogens is 288 g/mol. The number of hydrogen-bond donors (Lipinski definition) is 1. The van der Waals surface area contributed by atoms with Crippen molar-refractivity contribution in [2.75, 3.05) is 13.3 Å². The molecule has 2 rings (SSSR count). The lowest BCUT2D eigenvalue weighted by atomic mass is 9.89. The summed E-state index contributed by atoms with van der Waals surface area (Å²) in [6.45, 7) is 3.49. The van der Waals surface area contributed by atoms with Crippen molar-refractivity contribution in [1.29, 1.82) is 0 Å². The van der Waals surface area contributed by atoms with Gasteiger partial charge in [-0.3, -0.25) is 4.79 Å². The molecule has 0 aromatic heterocycles. The van der Waals surface area contributed by atoms with E-state index in [1.807, 2.05) is 6.92 Å². The summed E-state index contributed by atoms with van der Waals surface area (Å²) >= 11 is 0. The molecule has 21 heavy (non-hydrogen) atoms. The summed E-state index contributed by atoms with van der Waals surface area (Å²) in [7, 11) is -1.40. The number of piperidine rings is 1. The van der Waals surface area contributed by atoms with Gasteiger partial charge in [0.25, 0.3) is 0 Å². The summed E-state index contributed by atoms with van der Waals surface area (Å²) in [5.74, 6) is 0.517. The maximum atomic E-state index is 12.4. The minimum Gasteiger partial charge on any atom is -0.342 e. The first-order chi connectivity index (χ1) is 9.68. The molecule has 1 amide bonds. The molecule has 4 atom stereocenters. The molecule has 4 unspecified atom stereocenters. The fourth-order valence-corrected chi connectivity index (χ4v) is 4.53. The Morgan fingerprint density at radius 1 is 1.24 bits per heavy atom. The van der Waals surface area contributed by atoms with Crippen LogP contribution in [0.1, 0.15) is 46.0 Å². The number of sulfone groups is 1. The lowest BCUT2D eigenvalue weighted by Gasteiger charge is -2.33. The summed E-state index contributed by atoms with van der Waals surface area (Å²) < 4.78 is 23.3. The number of nitrogens with one attached hydrogen (secondary N) is 1. The van der Waals surface area contributed by atoms with Crippen molar-refractivity contribution < 1.29 is 13.2 Å². The summed E-state index contributed by atoms with van der Waals surface area (Å²) in [4.78, 5) is 14.0. The van der Waals surface area contributed by atoms with E-state index in [1.54, 1.807) is 18.9 Å². The zero-order chi connectivity index (χ0) is 15.8.